The first-order chi connectivity index (χ1) is 16.4. The number of nitrogens with one attached hydrogen (secondary N) is 2. The fraction of sp³-hybridized carbons (Fsp3) is 0.269. The maximum absolute atomic E-state index is 12.5. The normalized spacial score (nSPS) is 20.0. The number of hydrogen-bond donors (Lipinski definition) is 2. The fourth-order valence-corrected chi connectivity index (χ4v) is 5.79. The van der Waals surface area contributed by atoms with Crippen molar-refractivity contribution in [2.75, 3.05) is 13.1 Å². The van der Waals surface area contributed by atoms with Gasteiger partial charge in [-0.05, 0) is 46.9 Å². The van der Waals surface area contributed by atoms with E-state index in [1.807, 2.05) is 30.3 Å². The number of likely N-dealkylation sites (tertiary alicyclic amines) is 1. The van der Waals surface area contributed by atoms with Gasteiger partial charge in [0, 0.05) is 42.3 Å². The Labute approximate surface area is 209 Å². The summed E-state index contributed by atoms with van der Waals surface area (Å²) in [7, 11) is -3.67. The van der Waals surface area contributed by atoms with Crippen LogP contribution in [0.25, 0.3) is 10.8 Å². The van der Waals surface area contributed by atoms with Crippen LogP contribution in [-0.4, -0.2) is 38.3 Å². The Hall–Kier alpha value is -2.68. The van der Waals surface area contributed by atoms with Gasteiger partial charge >= 0.3 is 10.2 Å². The molecule has 0 aliphatic carbocycles. The fourth-order valence-electron chi connectivity index (χ4n) is 4.61. The number of nitrogens with zero attached hydrogens (tertiary/aromatic N) is 2. The van der Waals surface area contributed by atoms with Crippen LogP contribution in [0.4, 0.5) is 0 Å². The molecule has 176 valence electrons. The van der Waals surface area contributed by atoms with Crippen molar-refractivity contribution in [2.45, 2.75) is 31.8 Å². The molecule has 1 fully saturated rings. The highest BCUT2D eigenvalue weighted by Gasteiger charge is 2.23. The van der Waals surface area contributed by atoms with E-state index < -0.39 is 10.2 Å². The standard InChI is InChI=1S/C26H27BrN4O2S/c27-22-10-8-19(9-11-22)18-31-14-12-23(13-15-31)28-26-17-24(29-34(32,33)30-26)16-21-6-3-5-20-4-1-2-7-25(20)21/h1-11,17,23,29H,12-16,18H2,(H,28,30). The molecule has 0 unspecified atom stereocenters. The van der Waals surface area contributed by atoms with Gasteiger partial charge in [0.15, 0.2) is 0 Å². The highest BCUT2D eigenvalue weighted by atomic mass is 79.9. The molecule has 0 bridgehead atoms. The molecule has 0 saturated carbocycles. The van der Waals surface area contributed by atoms with E-state index in [1.54, 1.807) is 0 Å². The summed E-state index contributed by atoms with van der Waals surface area (Å²) in [5.41, 5.74) is 3.00. The van der Waals surface area contributed by atoms with Crippen LogP contribution in [0.5, 0.6) is 0 Å². The number of halogens is 1. The van der Waals surface area contributed by atoms with Gasteiger partial charge in [0.2, 0.25) is 0 Å². The number of rotatable bonds is 5. The summed E-state index contributed by atoms with van der Waals surface area (Å²) >= 11 is 3.48. The van der Waals surface area contributed by atoms with Crippen molar-refractivity contribution in [2.24, 2.45) is 4.99 Å². The molecule has 2 N–H and O–H groups in total. The Kier molecular flexibility index (Phi) is 6.72. The second kappa shape index (κ2) is 9.90. The number of amidine groups is 1. The van der Waals surface area contributed by atoms with Crippen LogP contribution >= 0.6 is 15.9 Å². The molecular weight excluding hydrogens is 512 g/mol. The summed E-state index contributed by atoms with van der Waals surface area (Å²) in [6, 6.07) is 22.8. The minimum Gasteiger partial charge on any atom is -0.299 e. The molecule has 0 spiro atoms. The average Bonchev–Trinajstić information content (AvgIpc) is 2.81. The first-order valence-corrected chi connectivity index (χ1v) is 13.7. The Morgan fingerprint density at radius 2 is 1.68 bits per heavy atom. The van der Waals surface area contributed by atoms with Crippen molar-refractivity contribution in [1.82, 2.24) is 14.3 Å². The molecule has 6 nitrogen and oxygen atoms in total. The van der Waals surface area contributed by atoms with Crippen molar-refractivity contribution in [1.29, 1.82) is 0 Å². The third kappa shape index (κ3) is 5.68. The van der Waals surface area contributed by atoms with Crippen LogP contribution in [0.1, 0.15) is 24.0 Å². The SMILES string of the molecule is O=S1(=O)NC(Cc2cccc3ccccc23)=CC(=NC2CCN(Cc3ccc(Br)cc3)CC2)N1. The Morgan fingerprint density at radius 3 is 2.47 bits per heavy atom. The van der Waals surface area contributed by atoms with Crippen molar-refractivity contribution < 1.29 is 8.42 Å². The van der Waals surface area contributed by atoms with Gasteiger partial charge in [0.1, 0.15) is 5.84 Å². The number of hydrogen-bond acceptors (Lipinski definition) is 4. The summed E-state index contributed by atoms with van der Waals surface area (Å²) in [4.78, 5) is 7.20. The minimum absolute atomic E-state index is 0.104. The maximum atomic E-state index is 12.5. The van der Waals surface area contributed by atoms with E-state index in [1.165, 1.54) is 5.56 Å². The predicted molar refractivity (Wildman–Crippen MR) is 141 cm³/mol. The molecule has 3 aromatic rings. The maximum Gasteiger partial charge on any atom is 0.322 e. The molecule has 0 aromatic heterocycles. The van der Waals surface area contributed by atoms with Crippen LogP contribution < -0.4 is 9.44 Å². The summed E-state index contributed by atoms with van der Waals surface area (Å²) in [6.07, 6.45) is 4.13. The van der Waals surface area contributed by atoms with Crippen LogP contribution in [0, 0.1) is 0 Å². The molecule has 8 heteroatoms. The summed E-state index contributed by atoms with van der Waals surface area (Å²) in [5, 5.41) is 2.27. The number of fused-ring (bicyclic) bond motifs is 1. The lowest BCUT2D eigenvalue weighted by molar-refractivity contribution is 0.206. The number of piperidine rings is 1. The predicted octanol–water partition coefficient (Wildman–Crippen LogP) is 4.53. The quantitative estimate of drug-likeness (QED) is 0.501. The van der Waals surface area contributed by atoms with Gasteiger partial charge in [0.05, 0.1) is 6.04 Å². The van der Waals surface area contributed by atoms with Gasteiger partial charge in [-0.15, -0.1) is 0 Å². The lowest BCUT2D eigenvalue weighted by atomic mass is 10.0. The van der Waals surface area contributed by atoms with Gasteiger partial charge in [0.25, 0.3) is 0 Å². The van der Waals surface area contributed by atoms with E-state index >= 15 is 0 Å². The smallest absolute Gasteiger partial charge is 0.299 e. The van der Waals surface area contributed by atoms with Gasteiger partial charge < -0.3 is 0 Å². The molecule has 2 aliphatic rings. The number of allylic oxidation sites excluding steroid dienone is 1. The highest BCUT2D eigenvalue weighted by Crippen LogP contribution is 2.22. The topological polar surface area (TPSA) is 73.8 Å². The molecule has 2 aliphatic heterocycles. The van der Waals surface area contributed by atoms with Crippen LogP contribution in [0.15, 0.2) is 88.0 Å². The third-order valence-corrected chi connectivity index (χ3v) is 7.81. The number of aliphatic imine (C=N–C) groups is 1. The molecular formula is C26H27BrN4O2S. The van der Waals surface area contributed by atoms with E-state index in [4.69, 9.17) is 4.99 Å². The molecule has 0 radical (unpaired) electrons. The minimum atomic E-state index is -3.67. The third-order valence-electron chi connectivity index (χ3n) is 6.27. The molecule has 0 atom stereocenters. The molecule has 0 amide bonds. The summed E-state index contributed by atoms with van der Waals surface area (Å²) in [5.74, 6) is 0.417. The Bertz CT molecular complexity index is 1340. The van der Waals surface area contributed by atoms with Crippen molar-refractivity contribution in [3.05, 3.63) is 94.1 Å². The second-order valence-corrected chi connectivity index (χ2v) is 11.2. The Morgan fingerprint density at radius 1 is 0.941 bits per heavy atom. The van der Waals surface area contributed by atoms with Crippen LogP contribution in [0.2, 0.25) is 0 Å². The lowest BCUT2D eigenvalue weighted by Crippen LogP contribution is -2.45. The lowest BCUT2D eigenvalue weighted by Gasteiger charge is -2.31. The molecule has 2 heterocycles. The van der Waals surface area contributed by atoms with Crippen molar-refractivity contribution in [3.8, 4) is 0 Å². The van der Waals surface area contributed by atoms with Gasteiger partial charge in [-0.1, -0.05) is 70.5 Å². The van der Waals surface area contributed by atoms with Crippen molar-refractivity contribution in [3.63, 3.8) is 0 Å². The van der Waals surface area contributed by atoms with Gasteiger partial charge in [-0.25, -0.2) is 0 Å². The van der Waals surface area contributed by atoms with E-state index in [2.05, 4.69) is 72.7 Å². The summed E-state index contributed by atoms with van der Waals surface area (Å²) < 4.78 is 31.3. The second-order valence-electron chi connectivity index (χ2n) is 8.84. The van der Waals surface area contributed by atoms with E-state index in [0.29, 0.717) is 18.0 Å². The molecule has 34 heavy (non-hydrogen) atoms. The molecule has 1 saturated heterocycles. The Balaban J connectivity index is 1.27. The van der Waals surface area contributed by atoms with E-state index in [0.717, 1.165) is 53.3 Å². The average molecular weight is 539 g/mol. The van der Waals surface area contributed by atoms with Gasteiger partial charge in [-0.2, -0.15) is 8.42 Å². The monoisotopic (exact) mass is 538 g/mol. The zero-order valence-corrected chi connectivity index (χ0v) is 21.1. The largest absolute Gasteiger partial charge is 0.322 e. The first kappa shape index (κ1) is 23.1. The van der Waals surface area contributed by atoms with Crippen LogP contribution in [0.3, 0.4) is 0 Å². The van der Waals surface area contributed by atoms with Gasteiger partial charge in [-0.3, -0.25) is 19.3 Å². The van der Waals surface area contributed by atoms with Crippen LogP contribution in [-0.2, 0) is 23.2 Å². The zero-order chi connectivity index (χ0) is 23.5. The zero-order valence-electron chi connectivity index (χ0n) is 18.7. The van der Waals surface area contributed by atoms with Crippen molar-refractivity contribution >= 4 is 42.7 Å². The molecule has 3 aromatic carbocycles. The number of benzene rings is 3. The van der Waals surface area contributed by atoms with E-state index in [-0.39, 0.29) is 6.04 Å². The highest BCUT2D eigenvalue weighted by molar-refractivity contribution is 9.10. The molecule has 5 rings (SSSR count). The summed E-state index contributed by atoms with van der Waals surface area (Å²) in [6.45, 7) is 2.80. The van der Waals surface area contributed by atoms with E-state index in [9.17, 15) is 8.42 Å². The first-order valence-electron chi connectivity index (χ1n) is 11.5.